The van der Waals surface area contributed by atoms with Gasteiger partial charge in [0.1, 0.15) is 11.4 Å². The van der Waals surface area contributed by atoms with Crippen LogP contribution in [0.4, 0.5) is 0 Å². The standard InChI is InChI=1S/C14H17N7/c1-2-5-12(6-3-1)14-13(17-19-18-14)11-15-7-4-9-21-10-8-16-20-21/h1-3,5-6,8,10,15H,4,7,9,11H2,(H,17,18,19). The molecule has 21 heavy (non-hydrogen) atoms. The highest BCUT2D eigenvalue weighted by Gasteiger charge is 2.08. The lowest BCUT2D eigenvalue weighted by Crippen LogP contribution is -2.17. The van der Waals surface area contributed by atoms with E-state index in [0.717, 1.165) is 36.5 Å². The maximum atomic E-state index is 4.23. The maximum Gasteiger partial charge on any atom is 0.117 e. The summed E-state index contributed by atoms with van der Waals surface area (Å²) in [5.74, 6) is 0. The topological polar surface area (TPSA) is 84.3 Å². The van der Waals surface area contributed by atoms with Crippen molar-refractivity contribution < 1.29 is 0 Å². The molecule has 2 heterocycles. The number of benzene rings is 1. The minimum atomic E-state index is 0.693. The van der Waals surface area contributed by atoms with Crippen LogP contribution in [0.5, 0.6) is 0 Å². The Hall–Kier alpha value is -2.54. The van der Waals surface area contributed by atoms with E-state index in [0.29, 0.717) is 6.54 Å². The van der Waals surface area contributed by atoms with Gasteiger partial charge in [-0.3, -0.25) is 4.68 Å². The highest BCUT2D eigenvalue weighted by atomic mass is 15.4. The monoisotopic (exact) mass is 283 g/mol. The van der Waals surface area contributed by atoms with Crippen LogP contribution in [0.1, 0.15) is 12.1 Å². The number of hydrogen-bond donors (Lipinski definition) is 2. The van der Waals surface area contributed by atoms with Crippen LogP contribution in [0.2, 0.25) is 0 Å². The molecule has 0 aliphatic rings. The Kier molecular flexibility index (Phi) is 4.33. The summed E-state index contributed by atoms with van der Waals surface area (Å²) < 4.78 is 1.83. The van der Waals surface area contributed by atoms with Crippen molar-refractivity contribution in [1.82, 2.24) is 35.7 Å². The fourth-order valence-corrected chi connectivity index (χ4v) is 2.13. The van der Waals surface area contributed by atoms with Crippen molar-refractivity contribution in [3.05, 3.63) is 48.4 Å². The average molecular weight is 283 g/mol. The van der Waals surface area contributed by atoms with Gasteiger partial charge in [0.05, 0.1) is 6.20 Å². The Balaban J connectivity index is 1.49. The largest absolute Gasteiger partial charge is 0.311 e. The summed E-state index contributed by atoms with van der Waals surface area (Å²) in [6, 6.07) is 10.1. The second-order valence-electron chi connectivity index (χ2n) is 4.68. The summed E-state index contributed by atoms with van der Waals surface area (Å²) in [5, 5.41) is 22.2. The fraction of sp³-hybridized carbons (Fsp3) is 0.286. The molecule has 0 bridgehead atoms. The third kappa shape index (κ3) is 3.51. The Morgan fingerprint density at radius 1 is 1.14 bits per heavy atom. The molecule has 2 N–H and O–H groups in total. The first-order valence-corrected chi connectivity index (χ1v) is 6.93. The molecule has 108 valence electrons. The lowest BCUT2D eigenvalue weighted by Gasteiger charge is -2.04. The number of aromatic amines is 1. The summed E-state index contributed by atoms with van der Waals surface area (Å²) >= 11 is 0. The lowest BCUT2D eigenvalue weighted by molar-refractivity contribution is 0.528. The van der Waals surface area contributed by atoms with Crippen LogP contribution in [-0.2, 0) is 13.1 Å². The van der Waals surface area contributed by atoms with Gasteiger partial charge in [-0.25, -0.2) is 0 Å². The van der Waals surface area contributed by atoms with E-state index in [4.69, 9.17) is 0 Å². The number of nitrogens with zero attached hydrogens (tertiary/aromatic N) is 5. The first-order chi connectivity index (χ1) is 10.4. The number of rotatable bonds is 7. The van der Waals surface area contributed by atoms with Gasteiger partial charge in [0, 0.05) is 24.8 Å². The quantitative estimate of drug-likeness (QED) is 0.637. The van der Waals surface area contributed by atoms with E-state index in [2.05, 4.69) is 31.0 Å². The molecule has 0 unspecified atom stereocenters. The van der Waals surface area contributed by atoms with Gasteiger partial charge in [-0.2, -0.15) is 15.4 Å². The first kappa shape index (κ1) is 13.4. The van der Waals surface area contributed by atoms with Crippen LogP contribution in [0, 0.1) is 0 Å². The van der Waals surface area contributed by atoms with Crippen LogP contribution in [-0.4, -0.2) is 36.9 Å². The molecule has 0 radical (unpaired) electrons. The third-order valence-electron chi connectivity index (χ3n) is 3.17. The molecule has 0 fully saturated rings. The van der Waals surface area contributed by atoms with E-state index >= 15 is 0 Å². The number of H-pyrrole nitrogens is 1. The van der Waals surface area contributed by atoms with Crippen LogP contribution >= 0.6 is 0 Å². The van der Waals surface area contributed by atoms with E-state index in [9.17, 15) is 0 Å². The summed E-state index contributed by atoms with van der Waals surface area (Å²) in [7, 11) is 0. The van der Waals surface area contributed by atoms with Gasteiger partial charge < -0.3 is 5.32 Å². The van der Waals surface area contributed by atoms with Crippen molar-refractivity contribution >= 4 is 0 Å². The Bertz CT molecular complexity index is 645. The van der Waals surface area contributed by atoms with E-state index in [1.807, 2.05) is 41.2 Å². The van der Waals surface area contributed by atoms with Crippen molar-refractivity contribution in [2.75, 3.05) is 6.54 Å². The smallest absolute Gasteiger partial charge is 0.117 e. The Morgan fingerprint density at radius 2 is 2.05 bits per heavy atom. The number of nitrogens with one attached hydrogen (secondary N) is 2. The maximum absolute atomic E-state index is 4.23. The van der Waals surface area contributed by atoms with Gasteiger partial charge in [0.15, 0.2) is 0 Å². The SMILES string of the molecule is c1ccc(-c2n[nH]nc2CNCCCn2ccnn2)cc1. The zero-order valence-electron chi connectivity index (χ0n) is 11.6. The normalized spacial score (nSPS) is 10.9. The number of hydrogen-bond acceptors (Lipinski definition) is 5. The highest BCUT2D eigenvalue weighted by molar-refractivity contribution is 5.60. The van der Waals surface area contributed by atoms with E-state index in [1.165, 1.54) is 0 Å². The predicted molar refractivity (Wildman–Crippen MR) is 78.2 cm³/mol. The highest BCUT2D eigenvalue weighted by Crippen LogP contribution is 2.18. The summed E-state index contributed by atoms with van der Waals surface area (Å²) in [6.07, 6.45) is 4.54. The van der Waals surface area contributed by atoms with Gasteiger partial charge in [0.2, 0.25) is 0 Å². The third-order valence-corrected chi connectivity index (χ3v) is 3.17. The molecule has 3 aromatic rings. The molecule has 7 heteroatoms. The van der Waals surface area contributed by atoms with Gasteiger partial charge >= 0.3 is 0 Å². The van der Waals surface area contributed by atoms with Gasteiger partial charge in [-0.15, -0.1) is 5.10 Å². The van der Waals surface area contributed by atoms with Crippen molar-refractivity contribution in [2.24, 2.45) is 0 Å². The van der Waals surface area contributed by atoms with Crippen molar-refractivity contribution in [2.45, 2.75) is 19.5 Å². The molecule has 3 rings (SSSR count). The van der Waals surface area contributed by atoms with E-state index in [1.54, 1.807) is 6.20 Å². The Labute approximate surface area is 122 Å². The molecule has 0 atom stereocenters. The lowest BCUT2D eigenvalue weighted by atomic mass is 10.1. The number of aromatic nitrogens is 6. The van der Waals surface area contributed by atoms with Crippen molar-refractivity contribution in [3.63, 3.8) is 0 Å². The summed E-state index contributed by atoms with van der Waals surface area (Å²) in [6.45, 7) is 2.44. The molecule has 0 amide bonds. The van der Waals surface area contributed by atoms with Crippen molar-refractivity contribution in [1.29, 1.82) is 0 Å². The fourth-order valence-electron chi connectivity index (χ4n) is 2.13. The molecule has 7 nitrogen and oxygen atoms in total. The minimum absolute atomic E-state index is 0.693. The molecule has 1 aromatic carbocycles. The van der Waals surface area contributed by atoms with Crippen LogP contribution < -0.4 is 5.32 Å². The molecule has 0 aliphatic carbocycles. The number of aryl methyl sites for hydroxylation is 1. The molecule has 0 aliphatic heterocycles. The second kappa shape index (κ2) is 6.76. The summed E-state index contributed by atoms with van der Waals surface area (Å²) in [4.78, 5) is 0. The molecule has 0 saturated heterocycles. The van der Waals surface area contributed by atoms with Crippen LogP contribution in [0.15, 0.2) is 42.7 Å². The van der Waals surface area contributed by atoms with Gasteiger partial charge in [0.25, 0.3) is 0 Å². The first-order valence-electron chi connectivity index (χ1n) is 6.93. The van der Waals surface area contributed by atoms with E-state index in [-0.39, 0.29) is 0 Å². The molecular formula is C14H17N7. The summed E-state index contributed by atoms with van der Waals surface area (Å²) in [5.41, 5.74) is 2.91. The zero-order chi connectivity index (χ0) is 14.3. The Morgan fingerprint density at radius 3 is 2.86 bits per heavy atom. The molecule has 0 spiro atoms. The second-order valence-corrected chi connectivity index (χ2v) is 4.68. The predicted octanol–water partition coefficient (Wildman–Crippen LogP) is 1.24. The van der Waals surface area contributed by atoms with Crippen LogP contribution in [0.25, 0.3) is 11.3 Å². The van der Waals surface area contributed by atoms with E-state index < -0.39 is 0 Å². The average Bonchev–Trinajstić information content (AvgIpc) is 3.19. The molecule has 0 saturated carbocycles. The molecule has 2 aromatic heterocycles. The van der Waals surface area contributed by atoms with Gasteiger partial charge in [-0.1, -0.05) is 35.5 Å². The van der Waals surface area contributed by atoms with Crippen LogP contribution in [0.3, 0.4) is 0 Å². The van der Waals surface area contributed by atoms with Crippen molar-refractivity contribution in [3.8, 4) is 11.3 Å². The molecular weight excluding hydrogens is 266 g/mol. The minimum Gasteiger partial charge on any atom is -0.311 e. The zero-order valence-corrected chi connectivity index (χ0v) is 11.6. The van der Waals surface area contributed by atoms with Gasteiger partial charge in [-0.05, 0) is 13.0 Å².